The van der Waals surface area contributed by atoms with E-state index in [1.54, 1.807) is 0 Å². The number of ether oxygens (including phenoxy) is 2. The lowest BCUT2D eigenvalue weighted by Gasteiger charge is -2.20. The van der Waals surface area contributed by atoms with Crippen LogP contribution in [0.3, 0.4) is 0 Å². The van der Waals surface area contributed by atoms with Gasteiger partial charge in [0.15, 0.2) is 6.10 Å². The fraction of sp³-hybridized carbons (Fsp3) is 0.738. The molecule has 0 aromatic rings. The van der Waals surface area contributed by atoms with Crippen LogP contribution >= 0.6 is 7.82 Å². The first-order chi connectivity index (χ1) is 26.1. The predicted molar refractivity (Wildman–Crippen MR) is 217 cm³/mol. The Morgan fingerprint density at radius 1 is 0.574 bits per heavy atom. The zero-order chi connectivity index (χ0) is 40.0. The molecule has 0 saturated heterocycles. The fourth-order valence-electron chi connectivity index (χ4n) is 5.24. The Bertz CT molecular complexity index is 1110. The number of carboxylic acids is 1. The van der Waals surface area contributed by atoms with E-state index in [-0.39, 0.29) is 19.4 Å². The monoisotopic (exact) mass is 784 g/mol. The smallest absolute Gasteiger partial charge is 0.472 e. The summed E-state index contributed by atoms with van der Waals surface area (Å²) in [5, 5.41) is 8.87. The lowest BCUT2D eigenvalue weighted by Crippen LogP contribution is -2.34. The lowest BCUT2D eigenvalue weighted by atomic mass is 10.1. The maximum atomic E-state index is 12.6. The molecule has 0 aromatic heterocycles. The molecule has 11 nitrogen and oxygen atoms in total. The van der Waals surface area contributed by atoms with Crippen LogP contribution in [0.1, 0.15) is 168 Å². The molecule has 0 aliphatic carbocycles. The molecule has 0 saturated carbocycles. The van der Waals surface area contributed by atoms with E-state index in [4.69, 9.17) is 24.8 Å². The second-order valence-electron chi connectivity index (χ2n) is 13.8. The quantitative estimate of drug-likeness (QED) is 0.0235. The Labute approximate surface area is 326 Å². The van der Waals surface area contributed by atoms with E-state index in [1.165, 1.54) is 38.5 Å². The third-order valence-electron chi connectivity index (χ3n) is 8.55. The molecule has 4 N–H and O–H groups in total. The van der Waals surface area contributed by atoms with Crippen LogP contribution in [0.4, 0.5) is 0 Å². The molecule has 3 atom stereocenters. The van der Waals surface area contributed by atoms with Gasteiger partial charge in [0.2, 0.25) is 0 Å². The fourth-order valence-corrected chi connectivity index (χ4v) is 6.02. The highest BCUT2D eigenvalue weighted by Gasteiger charge is 2.28. The Balaban J connectivity index is 4.45. The van der Waals surface area contributed by atoms with Crippen LogP contribution in [0.2, 0.25) is 0 Å². The van der Waals surface area contributed by atoms with Gasteiger partial charge in [0.25, 0.3) is 0 Å². The van der Waals surface area contributed by atoms with Crippen molar-refractivity contribution in [3.63, 3.8) is 0 Å². The summed E-state index contributed by atoms with van der Waals surface area (Å²) >= 11 is 0. The van der Waals surface area contributed by atoms with Crippen molar-refractivity contribution in [2.24, 2.45) is 5.73 Å². The van der Waals surface area contributed by atoms with Crippen LogP contribution in [0.5, 0.6) is 0 Å². The van der Waals surface area contributed by atoms with Crippen molar-refractivity contribution in [2.45, 2.75) is 180 Å². The zero-order valence-corrected chi connectivity index (χ0v) is 34.4. The molecule has 0 aliphatic rings. The molecule has 0 radical (unpaired) electrons. The van der Waals surface area contributed by atoms with E-state index in [9.17, 15) is 23.8 Å². The second-order valence-corrected chi connectivity index (χ2v) is 15.2. The van der Waals surface area contributed by atoms with Crippen LogP contribution < -0.4 is 5.73 Å². The van der Waals surface area contributed by atoms with Crippen molar-refractivity contribution >= 4 is 25.7 Å². The maximum Gasteiger partial charge on any atom is 0.472 e. The van der Waals surface area contributed by atoms with Crippen molar-refractivity contribution in [1.29, 1.82) is 0 Å². The molecule has 54 heavy (non-hydrogen) atoms. The first-order valence-electron chi connectivity index (χ1n) is 20.7. The molecule has 0 fully saturated rings. The van der Waals surface area contributed by atoms with Crippen molar-refractivity contribution in [2.75, 3.05) is 19.8 Å². The molecule has 0 amide bonds. The first-order valence-corrected chi connectivity index (χ1v) is 22.2. The number of hydrogen-bond donors (Lipinski definition) is 3. The number of aliphatic carboxylic acids is 1. The number of esters is 2. The minimum Gasteiger partial charge on any atom is -0.480 e. The minimum absolute atomic E-state index is 0.141. The van der Waals surface area contributed by atoms with Crippen molar-refractivity contribution in [3.05, 3.63) is 48.6 Å². The van der Waals surface area contributed by atoms with Gasteiger partial charge in [-0.15, -0.1) is 0 Å². The predicted octanol–water partition coefficient (Wildman–Crippen LogP) is 10.6. The van der Waals surface area contributed by atoms with Crippen LogP contribution in [0.15, 0.2) is 48.6 Å². The summed E-state index contributed by atoms with van der Waals surface area (Å²) in [5.74, 6) is -2.42. The summed E-state index contributed by atoms with van der Waals surface area (Å²) in [7, 11) is -4.72. The third kappa shape index (κ3) is 36.4. The number of carbonyl (C=O) groups excluding carboxylic acids is 2. The van der Waals surface area contributed by atoms with Gasteiger partial charge in [0, 0.05) is 12.8 Å². The van der Waals surface area contributed by atoms with E-state index >= 15 is 0 Å². The normalized spacial score (nSPS) is 14.3. The largest absolute Gasteiger partial charge is 0.480 e. The topological polar surface area (TPSA) is 172 Å². The summed E-state index contributed by atoms with van der Waals surface area (Å²) in [6.07, 6.45) is 40.3. The number of allylic oxidation sites excluding steroid dienone is 8. The molecule has 0 spiro atoms. The average Bonchev–Trinajstić information content (AvgIpc) is 3.14. The lowest BCUT2D eigenvalue weighted by molar-refractivity contribution is -0.161. The number of hydrogen-bond acceptors (Lipinski definition) is 9. The molecule has 0 rings (SSSR count). The van der Waals surface area contributed by atoms with E-state index in [1.807, 2.05) is 0 Å². The van der Waals surface area contributed by atoms with E-state index in [0.29, 0.717) is 12.8 Å². The summed E-state index contributed by atoms with van der Waals surface area (Å²) in [5.41, 5.74) is 5.32. The summed E-state index contributed by atoms with van der Waals surface area (Å²) in [6, 6.07) is -1.53. The van der Waals surface area contributed by atoms with Crippen LogP contribution in [-0.2, 0) is 37.5 Å². The number of phosphoric ester groups is 1. The number of nitrogens with two attached hydrogens (primary N) is 1. The van der Waals surface area contributed by atoms with Crippen molar-refractivity contribution in [1.82, 2.24) is 0 Å². The standard InChI is InChI=1S/C42H74NO10P/c1-3-5-7-9-11-13-15-17-19-21-23-25-27-29-31-33-40(44)50-35-38(36-51-54(48,49)52-37-39(43)42(46)47)53-41(45)34-32-30-28-26-24-22-20-18-16-14-12-10-8-6-4-2/h11-14,17-20,38-39H,3-10,15-16,21-37,43H2,1-2H3,(H,46,47)(H,48,49). The highest BCUT2D eigenvalue weighted by molar-refractivity contribution is 7.47. The van der Waals surface area contributed by atoms with Gasteiger partial charge in [0.1, 0.15) is 12.6 Å². The number of phosphoric acid groups is 1. The molecule has 312 valence electrons. The van der Waals surface area contributed by atoms with Gasteiger partial charge in [-0.1, -0.05) is 127 Å². The number of rotatable bonds is 38. The van der Waals surface area contributed by atoms with Crippen LogP contribution in [0.25, 0.3) is 0 Å². The molecule has 0 aromatic carbocycles. The SMILES string of the molecule is CCCCCC=CCC=CCCCCCCCC(=O)OCC(COP(=O)(O)OCC(N)C(=O)O)OC(=O)CCCCCCCC=CCC=CCCCCC. The Hall–Kier alpha value is -2.56. The molecular formula is C42H74NO10P. The highest BCUT2D eigenvalue weighted by Crippen LogP contribution is 2.43. The summed E-state index contributed by atoms with van der Waals surface area (Å²) in [6.45, 7) is 2.71. The van der Waals surface area contributed by atoms with Gasteiger partial charge < -0.3 is 25.2 Å². The number of unbranched alkanes of at least 4 members (excludes halogenated alkanes) is 16. The molecule has 3 unspecified atom stereocenters. The average molecular weight is 784 g/mol. The van der Waals surface area contributed by atoms with Gasteiger partial charge in [-0.3, -0.25) is 23.4 Å². The zero-order valence-electron chi connectivity index (χ0n) is 33.6. The molecule has 0 bridgehead atoms. The molecule has 12 heteroatoms. The molecule has 0 heterocycles. The van der Waals surface area contributed by atoms with E-state index < -0.39 is 51.1 Å². The van der Waals surface area contributed by atoms with Gasteiger partial charge >= 0.3 is 25.7 Å². The molecule has 0 aliphatic heterocycles. The van der Waals surface area contributed by atoms with Gasteiger partial charge in [-0.05, 0) is 77.0 Å². The Morgan fingerprint density at radius 3 is 1.44 bits per heavy atom. The maximum absolute atomic E-state index is 12.6. The highest BCUT2D eigenvalue weighted by atomic mass is 31.2. The minimum atomic E-state index is -4.72. The van der Waals surface area contributed by atoms with E-state index in [2.05, 4.69) is 67.0 Å². The van der Waals surface area contributed by atoms with Crippen LogP contribution in [-0.4, -0.2) is 59.9 Å². The Kier molecular flexibility index (Phi) is 35.6. The van der Waals surface area contributed by atoms with Gasteiger partial charge in [-0.2, -0.15) is 0 Å². The first kappa shape index (κ1) is 51.4. The Morgan fingerprint density at radius 2 is 0.981 bits per heavy atom. The second kappa shape index (κ2) is 37.4. The number of carbonyl (C=O) groups is 3. The van der Waals surface area contributed by atoms with Crippen molar-refractivity contribution in [3.8, 4) is 0 Å². The summed E-state index contributed by atoms with van der Waals surface area (Å²) < 4.78 is 32.6. The number of carboxylic acid groups (broad SMARTS) is 1. The van der Waals surface area contributed by atoms with Gasteiger partial charge in [-0.25, -0.2) is 4.57 Å². The summed E-state index contributed by atoms with van der Waals surface area (Å²) in [4.78, 5) is 45.9. The third-order valence-corrected chi connectivity index (χ3v) is 9.50. The van der Waals surface area contributed by atoms with Crippen LogP contribution in [0, 0.1) is 0 Å². The van der Waals surface area contributed by atoms with Gasteiger partial charge in [0.05, 0.1) is 13.2 Å². The molecular weight excluding hydrogens is 709 g/mol. The van der Waals surface area contributed by atoms with Crippen molar-refractivity contribution < 1.29 is 47.5 Å². The van der Waals surface area contributed by atoms with E-state index in [0.717, 1.165) is 89.9 Å².